The molecule has 0 radical (unpaired) electrons. The third-order valence-corrected chi connectivity index (χ3v) is 3.38. The first kappa shape index (κ1) is 12.9. The molecule has 0 amide bonds. The van der Waals surface area contributed by atoms with E-state index in [4.69, 9.17) is 0 Å². The molecule has 0 aliphatic rings. The second-order valence-electron chi connectivity index (χ2n) is 4.35. The number of phenolic OH excluding ortho intramolecular Hbond substituents is 1. The Morgan fingerprint density at radius 1 is 1.00 bits per heavy atom. The van der Waals surface area contributed by atoms with Crippen LogP contribution >= 0.6 is 15.9 Å². The summed E-state index contributed by atoms with van der Waals surface area (Å²) in [6, 6.07) is 11.5. The topological polar surface area (TPSA) is 20.2 Å². The van der Waals surface area contributed by atoms with Gasteiger partial charge in [-0.05, 0) is 48.7 Å². The van der Waals surface area contributed by atoms with Crippen LogP contribution in [0.5, 0.6) is 5.75 Å². The molecule has 0 aromatic heterocycles. The van der Waals surface area contributed by atoms with E-state index >= 15 is 0 Å². The number of aryl methyl sites for hydroxylation is 2. The Kier molecular flexibility index (Phi) is 3.87. The average Bonchev–Trinajstić information content (AvgIpc) is 2.30. The lowest BCUT2D eigenvalue weighted by atomic mass is 10.0. The van der Waals surface area contributed by atoms with Crippen molar-refractivity contribution in [2.24, 2.45) is 0 Å². The summed E-state index contributed by atoms with van der Waals surface area (Å²) in [6.45, 7) is 4.17. The molecule has 0 saturated heterocycles. The Bertz CT molecular complexity index is 577. The maximum absolute atomic E-state index is 9.71. The minimum Gasteiger partial charge on any atom is -0.507 e. The summed E-state index contributed by atoms with van der Waals surface area (Å²) in [6.07, 6.45) is 3.99. The highest BCUT2D eigenvalue weighted by atomic mass is 79.9. The summed E-state index contributed by atoms with van der Waals surface area (Å²) in [5.74, 6) is 0.307. The van der Waals surface area contributed by atoms with E-state index in [1.165, 1.54) is 16.7 Å². The molecule has 0 atom stereocenters. The normalized spacial score (nSPS) is 11.1. The molecule has 2 aromatic carbocycles. The van der Waals surface area contributed by atoms with Crippen LogP contribution in [0.1, 0.15) is 22.3 Å². The van der Waals surface area contributed by atoms with Gasteiger partial charge < -0.3 is 5.11 Å². The molecule has 0 aliphatic carbocycles. The molecule has 1 nitrogen and oxygen atoms in total. The second-order valence-corrected chi connectivity index (χ2v) is 5.26. The number of para-hydroxylation sites is 1. The van der Waals surface area contributed by atoms with Crippen molar-refractivity contribution in [1.29, 1.82) is 0 Å². The summed E-state index contributed by atoms with van der Waals surface area (Å²) >= 11 is 3.49. The number of benzene rings is 2. The summed E-state index contributed by atoms with van der Waals surface area (Å²) in [7, 11) is 0. The van der Waals surface area contributed by atoms with Gasteiger partial charge in [-0.3, -0.25) is 0 Å². The molecule has 2 aromatic rings. The Hall–Kier alpha value is -1.54. The number of hydrogen-bond donors (Lipinski definition) is 1. The first-order valence-corrected chi connectivity index (χ1v) is 6.60. The van der Waals surface area contributed by atoms with E-state index in [1.54, 1.807) is 6.07 Å². The number of aromatic hydroxyl groups is 1. The molecule has 0 unspecified atom stereocenters. The Morgan fingerprint density at radius 3 is 2.22 bits per heavy atom. The summed E-state index contributed by atoms with van der Waals surface area (Å²) in [5, 5.41) is 9.71. The van der Waals surface area contributed by atoms with Crippen LogP contribution in [0.15, 0.2) is 40.9 Å². The Balaban J connectivity index is 2.38. The van der Waals surface area contributed by atoms with Crippen LogP contribution in [0.2, 0.25) is 0 Å². The molecular formula is C16H15BrO. The van der Waals surface area contributed by atoms with Gasteiger partial charge in [0.2, 0.25) is 0 Å². The predicted molar refractivity (Wildman–Crippen MR) is 80.7 cm³/mol. The van der Waals surface area contributed by atoms with Crippen LogP contribution in [0.25, 0.3) is 12.2 Å². The van der Waals surface area contributed by atoms with Crippen molar-refractivity contribution >= 4 is 28.1 Å². The molecule has 2 heteroatoms. The quantitative estimate of drug-likeness (QED) is 0.779. The summed E-state index contributed by atoms with van der Waals surface area (Å²) in [4.78, 5) is 0. The zero-order valence-corrected chi connectivity index (χ0v) is 12.0. The fourth-order valence-electron chi connectivity index (χ4n) is 1.99. The van der Waals surface area contributed by atoms with Gasteiger partial charge in [0.05, 0.1) is 0 Å². The van der Waals surface area contributed by atoms with E-state index in [0.717, 1.165) is 10.0 Å². The third-order valence-electron chi connectivity index (χ3n) is 2.92. The van der Waals surface area contributed by atoms with Gasteiger partial charge in [-0.25, -0.2) is 0 Å². The summed E-state index contributed by atoms with van der Waals surface area (Å²) in [5.41, 5.74) is 4.46. The number of halogens is 1. The van der Waals surface area contributed by atoms with Gasteiger partial charge in [-0.15, -0.1) is 0 Å². The van der Waals surface area contributed by atoms with E-state index in [9.17, 15) is 5.11 Å². The first-order chi connectivity index (χ1) is 8.58. The molecule has 0 aliphatic heterocycles. The third kappa shape index (κ3) is 2.82. The number of phenols is 1. The molecule has 2 rings (SSSR count). The molecule has 0 saturated carbocycles. The molecule has 92 valence electrons. The van der Waals surface area contributed by atoms with Crippen molar-refractivity contribution in [3.8, 4) is 5.75 Å². The highest BCUT2D eigenvalue weighted by Gasteiger charge is 2.01. The van der Waals surface area contributed by atoms with Gasteiger partial charge in [0.25, 0.3) is 0 Å². The maximum atomic E-state index is 9.71. The molecule has 0 fully saturated rings. The van der Waals surface area contributed by atoms with Crippen molar-refractivity contribution in [3.05, 3.63) is 63.1 Å². The van der Waals surface area contributed by atoms with Crippen molar-refractivity contribution in [2.45, 2.75) is 13.8 Å². The maximum Gasteiger partial charge on any atom is 0.122 e. The second kappa shape index (κ2) is 5.40. The number of hydrogen-bond acceptors (Lipinski definition) is 1. The van der Waals surface area contributed by atoms with E-state index in [1.807, 2.05) is 30.4 Å². The van der Waals surface area contributed by atoms with Crippen molar-refractivity contribution in [2.75, 3.05) is 0 Å². The van der Waals surface area contributed by atoms with E-state index < -0.39 is 0 Å². The zero-order valence-electron chi connectivity index (χ0n) is 10.4. The fraction of sp³-hybridized carbons (Fsp3) is 0.125. The van der Waals surface area contributed by atoms with Crippen LogP contribution in [-0.4, -0.2) is 5.11 Å². The highest BCUT2D eigenvalue weighted by Crippen LogP contribution is 2.24. The lowest BCUT2D eigenvalue weighted by molar-refractivity contribution is 0.474. The molecule has 18 heavy (non-hydrogen) atoms. The van der Waals surface area contributed by atoms with Crippen LogP contribution in [0.4, 0.5) is 0 Å². The fourth-order valence-corrected chi connectivity index (χ4v) is 2.67. The number of rotatable bonds is 2. The van der Waals surface area contributed by atoms with Crippen molar-refractivity contribution < 1.29 is 5.11 Å². The average molecular weight is 303 g/mol. The lowest BCUT2D eigenvalue weighted by Crippen LogP contribution is -1.86. The van der Waals surface area contributed by atoms with Gasteiger partial charge in [0, 0.05) is 10.0 Å². The standard InChI is InChI=1S/C16H15BrO/c1-11-9-14(17)10-12(2)15(11)8-7-13-5-3-4-6-16(13)18/h3-10,18H,1-2H3/b8-7+. The molecular weight excluding hydrogens is 288 g/mol. The molecule has 0 heterocycles. The lowest BCUT2D eigenvalue weighted by Gasteiger charge is -2.06. The zero-order chi connectivity index (χ0) is 13.1. The summed E-state index contributed by atoms with van der Waals surface area (Å²) < 4.78 is 1.09. The van der Waals surface area contributed by atoms with Crippen molar-refractivity contribution in [3.63, 3.8) is 0 Å². The highest BCUT2D eigenvalue weighted by molar-refractivity contribution is 9.10. The molecule has 0 bridgehead atoms. The van der Waals surface area contributed by atoms with Gasteiger partial charge in [-0.1, -0.05) is 46.3 Å². The molecule has 1 N–H and O–H groups in total. The minimum absolute atomic E-state index is 0.307. The van der Waals surface area contributed by atoms with Gasteiger partial charge in [-0.2, -0.15) is 0 Å². The minimum atomic E-state index is 0.307. The Labute approximate surface area is 116 Å². The van der Waals surface area contributed by atoms with Gasteiger partial charge in [0.1, 0.15) is 5.75 Å². The van der Waals surface area contributed by atoms with Gasteiger partial charge >= 0.3 is 0 Å². The van der Waals surface area contributed by atoms with Crippen LogP contribution in [0, 0.1) is 13.8 Å². The van der Waals surface area contributed by atoms with Crippen molar-refractivity contribution in [1.82, 2.24) is 0 Å². The molecule has 0 spiro atoms. The van der Waals surface area contributed by atoms with Crippen LogP contribution in [0.3, 0.4) is 0 Å². The van der Waals surface area contributed by atoms with E-state index in [2.05, 4.69) is 41.9 Å². The predicted octanol–water partition coefficient (Wildman–Crippen LogP) is 4.94. The van der Waals surface area contributed by atoms with Crippen LogP contribution < -0.4 is 0 Å². The van der Waals surface area contributed by atoms with E-state index in [-0.39, 0.29) is 0 Å². The first-order valence-electron chi connectivity index (χ1n) is 5.81. The van der Waals surface area contributed by atoms with Crippen LogP contribution in [-0.2, 0) is 0 Å². The SMILES string of the molecule is Cc1cc(Br)cc(C)c1/C=C/c1ccccc1O. The van der Waals surface area contributed by atoms with E-state index in [0.29, 0.717) is 5.75 Å². The smallest absolute Gasteiger partial charge is 0.122 e. The van der Waals surface area contributed by atoms with Gasteiger partial charge in [0.15, 0.2) is 0 Å². The largest absolute Gasteiger partial charge is 0.507 e. The Morgan fingerprint density at radius 2 is 1.61 bits per heavy atom. The monoisotopic (exact) mass is 302 g/mol.